The van der Waals surface area contributed by atoms with E-state index in [9.17, 15) is 0 Å². The monoisotopic (exact) mass is 265 g/mol. The van der Waals surface area contributed by atoms with E-state index in [1.807, 2.05) is 30.3 Å². The first-order valence-corrected chi connectivity index (χ1v) is 6.24. The third-order valence-electron chi connectivity index (χ3n) is 2.83. The number of nitrogens with one attached hydrogen (secondary N) is 1. The molecular weight excluding hydrogens is 250 g/mol. The van der Waals surface area contributed by atoms with E-state index < -0.39 is 0 Å². The summed E-state index contributed by atoms with van der Waals surface area (Å²) in [5.41, 5.74) is 1.17. The fraction of sp³-hybridized carbons (Fsp3) is 0.286. The van der Waals surface area contributed by atoms with E-state index in [0.29, 0.717) is 12.3 Å². The molecule has 96 valence electrons. The maximum absolute atomic E-state index is 8.91. The highest BCUT2D eigenvalue weighted by Gasteiger charge is 2.06. The van der Waals surface area contributed by atoms with Crippen molar-refractivity contribution >= 4 is 11.6 Å². The maximum atomic E-state index is 8.91. The van der Waals surface area contributed by atoms with Gasteiger partial charge in [-0.2, -0.15) is 0 Å². The summed E-state index contributed by atoms with van der Waals surface area (Å²) in [7, 11) is 0. The minimum atomic E-state index is -0.0628. The lowest BCUT2D eigenvalue weighted by molar-refractivity contribution is 0.242. The van der Waals surface area contributed by atoms with E-state index in [4.69, 9.17) is 21.1 Å². The molecular formula is C14H16ClNO2. The van der Waals surface area contributed by atoms with Gasteiger partial charge in [-0.25, -0.2) is 0 Å². The van der Waals surface area contributed by atoms with Crippen LogP contribution in [0.15, 0.2) is 40.8 Å². The third kappa shape index (κ3) is 3.35. The Hall–Kier alpha value is -1.29. The second-order valence-electron chi connectivity index (χ2n) is 4.18. The van der Waals surface area contributed by atoms with Crippen molar-refractivity contribution in [1.29, 1.82) is 0 Å². The number of rotatable bonds is 5. The van der Waals surface area contributed by atoms with E-state index in [1.165, 1.54) is 5.56 Å². The number of benzene rings is 1. The Morgan fingerprint density at radius 3 is 2.44 bits per heavy atom. The van der Waals surface area contributed by atoms with Gasteiger partial charge in [0.2, 0.25) is 0 Å². The van der Waals surface area contributed by atoms with Crippen LogP contribution in [0.25, 0.3) is 0 Å². The summed E-state index contributed by atoms with van der Waals surface area (Å²) < 4.78 is 5.40. The van der Waals surface area contributed by atoms with Gasteiger partial charge in [-0.15, -0.1) is 0 Å². The van der Waals surface area contributed by atoms with Gasteiger partial charge in [-0.05, 0) is 36.8 Å². The molecule has 0 saturated heterocycles. The zero-order chi connectivity index (χ0) is 13.0. The van der Waals surface area contributed by atoms with Crippen LogP contribution in [0.5, 0.6) is 0 Å². The quantitative estimate of drug-likeness (QED) is 0.872. The number of halogens is 1. The lowest BCUT2D eigenvalue weighted by Crippen LogP contribution is -2.17. The Kier molecular flexibility index (Phi) is 4.42. The molecule has 2 rings (SSSR count). The predicted octanol–water partition coefficient (Wildman–Crippen LogP) is 3.28. The smallest absolute Gasteiger partial charge is 0.129 e. The fourth-order valence-corrected chi connectivity index (χ4v) is 1.85. The molecule has 2 N–H and O–H groups in total. The average molecular weight is 266 g/mol. The highest BCUT2D eigenvalue weighted by atomic mass is 35.5. The summed E-state index contributed by atoms with van der Waals surface area (Å²) in [6, 6.07) is 11.6. The molecule has 1 aromatic heterocycles. The fourth-order valence-electron chi connectivity index (χ4n) is 1.73. The number of furan rings is 1. The van der Waals surface area contributed by atoms with Crippen molar-refractivity contribution in [1.82, 2.24) is 5.32 Å². The summed E-state index contributed by atoms with van der Waals surface area (Å²) >= 11 is 5.85. The Balaban J connectivity index is 1.91. The summed E-state index contributed by atoms with van der Waals surface area (Å²) in [4.78, 5) is 0. The van der Waals surface area contributed by atoms with Crippen LogP contribution in [0, 0.1) is 0 Å². The first kappa shape index (κ1) is 13.1. The summed E-state index contributed by atoms with van der Waals surface area (Å²) in [5, 5.41) is 13.0. The minimum absolute atomic E-state index is 0.0628. The van der Waals surface area contributed by atoms with Gasteiger partial charge in [0.05, 0.1) is 6.54 Å². The van der Waals surface area contributed by atoms with Gasteiger partial charge < -0.3 is 14.8 Å². The minimum Gasteiger partial charge on any atom is -0.462 e. The maximum Gasteiger partial charge on any atom is 0.129 e. The molecule has 0 amide bonds. The molecule has 18 heavy (non-hydrogen) atoms. The molecule has 0 unspecified atom stereocenters. The highest BCUT2D eigenvalue weighted by molar-refractivity contribution is 6.30. The molecule has 0 aliphatic rings. The molecule has 0 aliphatic carbocycles. The van der Waals surface area contributed by atoms with Crippen LogP contribution >= 0.6 is 11.6 Å². The topological polar surface area (TPSA) is 45.4 Å². The van der Waals surface area contributed by atoms with Crippen molar-refractivity contribution < 1.29 is 9.52 Å². The van der Waals surface area contributed by atoms with E-state index >= 15 is 0 Å². The van der Waals surface area contributed by atoms with Crippen molar-refractivity contribution in [2.45, 2.75) is 26.1 Å². The van der Waals surface area contributed by atoms with Crippen molar-refractivity contribution in [3.8, 4) is 0 Å². The first-order valence-electron chi connectivity index (χ1n) is 5.86. The van der Waals surface area contributed by atoms with Crippen molar-refractivity contribution in [2.24, 2.45) is 0 Å². The summed E-state index contributed by atoms with van der Waals surface area (Å²) in [6.45, 7) is 2.65. The van der Waals surface area contributed by atoms with E-state index in [1.54, 1.807) is 6.07 Å². The van der Waals surface area contributed by atoms with Crippen LogP contribution in [0.4, 0.5) is 0 Å². The highest BCUT2D eigenvalue weighted by Crippen LogP contribution is 2.17. The van der Waals surface area contributed by atoms with Gasteiger partial charge >= 0.3 is 0 Å². The van der Waals surface area contributed by atoms with Crippen LogP contribution in [-0.4, -0.2) is 5.11 Å². The molecule has 0 fully saturated rings. The van der Waals surface area contributed by atoms with Gasteiger partial charge in [-0.1, -0.05) is 23.7 Å². The third-order valence-corrected chi connectivity index (χ3v) is 3.08. The summed E-state index contributed by atoms with van der Waals surface area (Å²) in [5.74, 6) is 1.41. The van der Waals surface area contributed by atoms with Crippen LogP contribution < -0.4 is 5.32 Å². The van der Waals surface area contributed by atoms with Crippen molar-refractivity contribution in [2.75, 3.05) is 0 Å². The molecule has 3 nitrogen and oxygen atoms in total. The van der Waals surface area contributed by atoms with E-state index in [2.05, 4.69) is 12.2 Å². The van der Waals surface area contributed by atoms with E-state index in [-0.39, 0.29) is 12.6 Å². The first-order chi connectivity index (χ1) is 8.69. The van der Waals surface area contributed by atoms with Crippen molar-refractivity contribution in [3.63, 3.8) is 0 Å². The predicted molar refractivity (Wildman–Crippen MR) is 71.3 cm³/mol. The lowest BCUT2D eigenvalue weighted by atomic mass is 10.1. The molecule has 1 atom stereocenters. The number of aliphatic hydroxyl groups excluding tert-OH is 1. The van der Waals surface area contributed by atoms with Crippen LogP contribution in [0.1, 0.15) is 30.0 Å². The molecule has 1 aromatic carbocycles. The standard InChI is InChI=1S/C14H16ClNO2/c1-10(11-2-4-12(15)5-3-11)16-8-13-6-7-14(9-17)18-13/h2-7,10,16-17H,8-9H2,1H3/t10-/m1/s1. The Morgan fingerprint density at radius 1 is 1.17 bits per heavy atom. The number of hydrogen-bond donors (Lipinski definition) is 2. The van der Waals surface area contributed by atoms with Gasteiger partial charge in [0, 0.05) is 11.1 Å². The molecule has 4 heteroatoms. The van der Waals surface area contributed by atoms with Gasteiger partial charge in [0.15, 0.2) is 0 Å². The van der Waals surface area contributed by atoms with Crippen LogP contribution in [0.3, 0.4) is 0 Å². The largest absolute Gasteiger partial charge is 0.462 e. The van der Waals surface area contributed by atoms with Crippen molar-refractivity contribution in [3.05, 3.63) is 58.5 Å². The van der Waals surface area contributed by atoms with Crippen LogP contribution in [-0.2, 0) is 13.2 Å². The molecule has 2 aromatic rings. The molecule has 0 bridgehead atoms. The average Bonchev–Trinajstić information content (AvgIpc) is 2.85. The van der Waals surface area contributed by atoms with Gasteiger partial charge in [0.25, 0.3) is 0 Å². The van der Waals surface area contributed by atoms with Gasteiger partial charge in [-0.3, -0.25) is 0 Å². The number of hydrogen-bond acceptors (Lipinski definition) is 3. The Morgan fingerprint density at radius 2 is 1.83 bits per heavy atom. The van der Waals surface area contributed by atoms with Crippen LogP contribution in [0.2, 0.25) is 5.02 Å². The molecule has 0 aliphatic heterocycles. The second-order valence-corrected chi connectivity index (χ2v) is 4.62. The van der Waals surface area contributed by atoms with E-state index in [0.717, 1.165) is 10.8 Å². The Bertz CT molecular complexity index is 493. The van der Waals surface area contributed by atoms with Gasteiger partial charge in [0.1, 0.15) is 18.1 Å². The normalized spacial score (nSPS) is 12.6. The molecule has 0 saturated carbocycles. The molecule has 0 spiro atoms. The lowest BCUT2D eigenvalue weighted by Gasteiger charge is -2.13. The summed E-state index contributed by atoms with van der Waals surface area (Å²) in [6.07, 6.45) is 0. The molecule has 1 heterocycles. The Labute approximate surface area is 111 Å². The SMILES string of the molecule is C[C@@H](NCc1ccc(CO)o1)c1ccc(Cl)cc1. The number of aliphatic hydroxyl groups is 1. The zero-order valence-corrected chi connectivity index (χ0v) is 10.9. The molecule has 0 radical (unpaired) electrons. The zero-order valence-electron chi connectivity index (χ0n) is 10.2. The second kappa shape index (κ2) is 6.05.